The fraction of sp³-hybridized carbons (Fsp3) is 0.368. The molecule has 2 rings (SSSR count). The average Bonchev–Trinajstić information content (AvgIpc) is 2.56. The van der Waals surface area contributed by atoms with Crippen molar-refractivity contribution in [2.24, 2.45) is 0 Å². The van der Waals surface area contributed by atoms with Gasteiger partial charge in [-0.25, -0.2) is 0 Å². The normalized spacial score (nSPS) is 12.0. The van der Waals surface area contributed by atoms with Crippen LogP contribution in [0.2, 0.25) is 0 Å². The van der Waals surface area contributed by atoms with Crippen molar-refractivity contribution in [1.29, 1.82) is 0 Å². The van der Waals surface area contributed by atoms with E-state index in [2.05, 4.69) is 42.6 Å². The molecule has 1 unspecified atom stereocenters. The van der Waals surface area contributed by atoms with Crippen molar-refractivity contribution in [2.75, 3.05) is 13.2 Å². The lowest BCUT2D eigenvalue weighted by Crippen LogP contribution is -2.22. The first-order chi connectivity index (χ1) is 10.4. The van der Waals surface area contributed by atoms with Crippen LogP contribution in [0.25, 0.3) is 0 Å². The topological polar surface area (TPSA) is 21.3 Å². The van der Waals surface area contributed by atoms with Crippen molar-refractivity contribution in [1.82, 2.24) is 5.32 Å². The van der Waals surface area contributed by atoms with Crippen molar-refractivity contribution in [3.8, 4) is 5.75 Å². The van der Waals surface area contributed by atoms with E-state index < -0.39 is 0 Å². The average molecular weight is 283 g/mol. The molecule has 0 aromatic heterocycles. The Morgan fingerprint density at radius 2 is 1.62 bits per heavy atom. The zero-order valence-electron chi connectivity index (χ0n) is 12.8. The summed E-state index contributed by atoms with van der Waals surface area (Å²) in [7, 11) is 0. The van der Waals surface area contributed by atoms with Crippen LogP contribution in [0.5, 0.6) is 5.75 Å². The van der Waals surface area contributed by atoms with E-state index in [0.717, 1.165) is 38.2 Å². The molecule has 2 aromatic carbocycles. The van der Waals surface area contributed by atoms with Gasteiger partial charge in [0.2, 0.25) is 0 Å². The third kappa shape index (κ3) is 5.60. The van der Waals surface area contributed by atoms with Crippen LogP contribution < -0.4 is 10.1 Å². The lowest BCUT2D eigenvalue weighted by molar-refractivity contribution is 0.296. The summed E-state index contributed by atoms with van der Waals surface area (Å²) in [4.78, 5) is 0. The van der Waals surface area contributed by atoms with E-state index in [1.54, 1.807) is 0 Å². The third-order valence-corrected chi connectivity index (χ3v) is 3.49. The molecule has 21 heavy (non-hydrogen) atoms. The van der Waals surface area contributed by atoms with E-state index >= 15 is 0 Å². The minimum Gasteiger partial charge on any atom is -0.494 e. The Kier molecular flexibility index (Phi) is 6.82. The summed E-state index contributed by atoms with van der Waals surface area (Å²) < 4.78 is 5.77. The molecule has 0 radical (unpaired) electrons. The molecule has 0 bridgehead atoms. The molecule has 2 aromatic rings. The van der Waals surface area contributed by atoms with Crippen LogP contribution in [0.3, 0.4) is 0 Å². The molecule has 1 N–H and O–H groups in total. The molecule has 1 atom stereocenters. The van der Waals surface area contributed by atoms with Crippen LogP contribution >= 0.6 is 0 Å². The molecule has 0 heterocycles. The van der Waals surface area contributed by atoms with Crippen molar-refractivity contribution >= 4 is 0 Å². The fourth-order valence-corrected chi connectivity index (χ4v) is 2.38. The predicted molar refractivity (Wildman–Crippen MR) is 88.6 cm³/mol. The first kappa shape index (κ1) is 15.6. The number of ether oxygens (including phenoxy) is 1. The van der Waals surface area contributed by atoms with E-state index in [4.69, 9.17) is 4.74 Å². The lowest BCUT2D eigenvalue weighted by Gasteiger charge is -2.19. The summed E-state index contributed by atoms with van der Waals surface area (Å²) in [6.45, 7) is 4.02. The SMILES string of the molecule is CCCNC(CCCOc1ccccc1)c1ccccc1. The van der Waals surface area contributed by atoms with Gasteiger partial charge in [0.15, 0.2) is 0 Å². The van der Waals surface area contributed by atoms with Gasteiger partial charge in [0, 0.05) is 6.04 Å². The number of para-hydroxylation sites is 1. The number of hydrogen-bond acceptors (Lipinski definition) is 2. The first-order valence-electron chi connectivity index (χ1n) is 7.86. The largest absolute Gasteiger partial charge is 0.494 e. The van der Waals surface area contributed by atoms with Gasteiger partial charge in [-0.05, 0) is 43.5 Å². The Morgan fingerprint density at radius 3 is 2.29 bits per heavy atom. The van der Waals surface area contributed by atoms with Crippen LogP contribution in [-0.4, -0.2) is 13.2 Å². The summed E-state index contributed by atoms with van der Waals surface area (Å²) in [6, 6.07) is 21.1. The Morgan fingerprint density at radius 1 is 0.952 bits per heavy atom. The van der Waals surface area contributed by atoms with E-state index in [-0.39, 0.29) is 0 Å². The molecule has 0 fully saturated rings. The first-order valence-corrected chi connectivity index (χ1v) is 7.86. The summed E-state index contributed by atoms with van der Waals surface area (Å²) in [5.41, 5.74) is 1.37. The van der Waals surface area contributed by atoms with Crippen LogP contribution in [0.4, 0.5) is 0 Å². The lowest BCUT2D eigenvalue weighted by atomic mass is 10.0. The summed E-state index contributed by atoms with van der Waals surface area (Å²) in [6.07, 6.45) is 3.30. The highest BCUT2D eigenvalue weighted by atomic mass is 16.5. The second-order valence-corrected chi connectivity index (χ2v) is 5.22. The molecule has 0 aliphatic rings. The number of hydrogen-bond donors (Lipinski definition) is 1. The van der Waals surface area contributed by atoms with Crippen molar-refractivity contribution in [2.45, 2.75) is 32.2 Å². The van der Waals surface area contributed by atoms with Gasteiger partial charge in [0.25, 0.3) is 0 Å². The number of nitrogens with one attached hydrogen (secondary N) is 1. The summed E-state index contributed by atoms with van der Waals surface area (Å²) in [5, 5.41) is 3.63. The molecule has 0 saturated carbocycles. The van der Waals surface area contributed by atoms with Gasteiger partial charge >= 0.3 is 0 Å². The minimum absolute atomic E-state index is 0.422. The van der Waals surface area contributed by atoms with Gasteiger partial charge in [-0.2, -0.15) is 0 Å². The van der Waals surface area contributed by atoms with Gasteiger partial charge in [-0.3, -0.25) is 0 Å². The molecular formula is C19H25NO. The zero-order valence-corrected chi connectivity index (χ0v) is 12.8. The molecule has 2 heteroatoms. The third-order valence-electron chi connectivity index (χ3n) is 3.49. The molecule has 112 valence electrons. The zero-order chi connectivity index (χ0) is 14.8. The van der Waals surface area contributed by atoms with E-state index in [0.29, 0.717) is 6.04 Å². The van der Waals surface area contributed by atoms with E-state index in [1.165, 1.54) is 5.56 Å². The highest BCUT2D eigenvalue weighted by Gasteiger charge is 2.09. The van der Waals surface area contributed by atoms with Crippen molar-refractivity contribution < 1.29 is 4.74 Å². The monoisotopic (exact) mass is 283 g/mol. The molecule has 0 aliphatic carbocycles. The van der Waals surface area contributed by atoms with Gasteiger partial charge < -0.3 is 10.1 Å². The minimum atomic E-state index is 0.422. The van der Waals surface area contributed by atoms with E-state index in [9.17, 15) is 0 Å². The maximum absolute atomic E-state index is 5.77. The highest BCUT2D eigenvalue weighted by Crippen LogP contribution is 2.18. The molecule has 0 aliphatic heterocycles. The molecule has 0 saturated heterocycles. The molecule has 0 spiro atoms. The van der Waals surface area contributed by atoms with Gasteiger partial charge in [0.05, 0.1) is 6.61 Å². The summed E-state index contributed by atoms with van der Waals surface area (Å²) >= 11 is 0. The molecule has 2 nitrogen and oxygen atoms in total. The Labute approximate surface area is 128 Å². The highest BCUT2D eigenvalue weighted by molar-refractivity contribution is 5.21. The van der Waals surface area contributed by atoms with Crippen molar-refractivity contribution in [3.05, 3.63) is 66.2 Å². The maximum Gasteiger partial charge on any atom is 0.119 e. The summed E-state index contributed by atoms with van der Waals surface area (Å²) in [5.74, 6) is 0.954. The van der Waals surface area contributed by atoms with Gasteiger partial charge in [-0.15, -0.1) is 0 Å². The van der Waals surface area contributed by atoms with Gasteiger partial charge in [0.1, 0.15) is 5.75 Å². The maximum atomic E-state index is 5.77. The van der Waals surface area contributed by atoms with E-state index in [1.807, 2.05) is 30.3 Å². The molecule has 0 amide bonds. The Hall–Kier alpha value is -1.80. The number of benzene rings is 2. The van der Waals surface area contributed by atoms with Crippen molar-refractivity contribution in [3.63, 3.8) is 0 Å². The number of rotatable bonds is 9. The predicted octanol–water partition coefficient (Wildman–Crippen LogP) is 4.59. The van der Waals surface area contributed by atoms with Crippen LogP contribution in [0.1, 0.15) is 37.8 Å². The Balaban J connectivity index is 1.79. The Bertz CT molecular complexity index is 483. The smallest absolute Gasteiger partial charge is 0.119 e. The second kappa shape index (κ2) is 9.19. The van der Waals surface area contributed by atoms with Gasteiger partial charge in [-0.1, -0.05) is 55.5 Å². The van der Waals surface area contributed by atoms with Crippen LogP contribution in [-0.2, 0) is 0 Å². The van der Waals surface area contributed by atoms with Crippen LogP contribution in [0, 0.1) is 0 Å². The van der Waals surface area contributed by atoms with Crippen LogP contribution in [0.15, 0.2) is 60.7 Å². The standard InChI is InChI=1S/C19H25NO/c1-2-15-20-19(17-10-5-3-6-11-17)14-9-16-21-18-12-7-4-8-13-18/h3-8,10-13,19-20H,2,9,14-16H2,1H3. The quantitative estimate of drug-likeness (QED) is 0.680. The fourth-order valence-electron chi connectivity index (χ4n) is 2.38. The second-order valence-electron chi connectivity index (χ2n) is 5.22. The molecular weight excluding hydrogens is 258 g/mol.